The number of benzene rings is 1. The number of carbonyl (C=O) groups excluding carboxylic acids is 3. The van der Waals surface area contributed by atoms with Crippen LogP contribution < -0.4 is 10.6 Å². The first-order chi connectivity index (χ1) is 11.1. The zero-order chi connectivity index (χ0) is 18.3. The van der Waals surface area contributed by atoms with E-state index in [1.54, 1.807) is 32.9 Å². The summed E-state index contributed by atoms with van der Waals surface area (Å²) in [5.74, 6) is -1.48. The minimum absolute atomic E-state index is 0.378. The zero-order valence-corrected chi connectivity index (χ0v) is 15.0. The van der Waals surface area contributed by atoms with Gasteiger partial charge in [0.2, 0.25) is 0 Å². The van der Waals surface area contributed by atoms with Crippen LogP contribution >= 0.6 is 23.2 Å². The molecule has 0 aliphatic heterocycles. The number of amides is 3. The Morgan fingerprint density at radius 2 is 1.88 bits per heavy atom. The molecular weight excluding hydrogens is 355 g/mol. The number of urea groups is 1. The number of carbonyl (C=O) groups is 3. The summed E-state index contributed by atoms with van der Waals surface area (Å²) in [4.78, 5) is 34.5. The summed E-state index contributed by atoms with van der Waals surface area (Å²) >= 11 is 11.7. The number of halogens is 2. The van der Waals surface area contributed by atoms with Crippen LogP contribution in [0.3, 0.4) is 0 Å². The average Bonchev–Trinajstić information content (AvgIpc) is 2.42. The van der Waals surface area contributed by atoms with Crippen LogP contribution in [0, 0.1) is 0 Å². The highest BCUT2D eigenvalue weighted by Crippen LogP contribution is 2.21. The van der Waals surface area contributed by atoms with E-state index in [9.17, 15) is 14.4 Å². The minimum Gasteiger partial charge on any atom is -0.452 e. The van der Waals surface area contributed by atoms with Crippen molar-refractivity contribution in [2.45, 2.75) is 26.3 Å². The topological polar surface area (TPSA) is 84.5 Å². The van der Waals surface area contributed by atoms with Crippen LogP contribution in [0.4, 0.5) is 4.79 Å². The van der Waals surface area contributed by atoms with Crippen molar-refractivity contribution in [2.75, 3.05) is 6.61 Å². The van der Waals surface area contributed by atoms with Crippen molar-refractivity contribution < 1.29 is 19.1 Å². The summed E-state index contributed by atoms with van der Waals surface area (Å²) in [6.07, 6.45) is 2.56. The van der Waals surface area contributed by atoms with Gasteiger partial charge in [-0.15, -0.1) is 0 Å². The Kier molecular flexibility index (Phi) is 7.25. The van der Waals surface area contributed by atoms with E-state index in [4.69, 9.17) is 27.9 Å². The van der Waals surface area contributed by atoms with Crippen molar-refractivity contribution in [3.05, 3.63) is 39.9 Å². The van der Waals surface area contributed by atoms with Gasteiger partial charge in [-0.05, 0) is 44.5 Å². The highest BCUT2D eigenvalue weighted by Gasteiger charge is 2.16. The Balaban J connectivity index is 2.44. The number of hydrogen-bond donors (Lipinski definition) is 2. The molecule has 0 heterocycles. The van der Waals surface area contributed by atoms with Gasteiger partial charge in [-0.2, -0.15) is 0 Å². The van der Waals surface area contributed by atoms with E-state index in [1.807, 2.05) is 0 Å². The van der Waals surface area contributed by atoms with Crippen LogP contribution in [0.2, 0.25) is 10.0 Å². The standard InChI is InChI=1S/C16H18Cl2N2O4/c1-16(2,3)20-15(23)19-13(21)9-24-14(22)7-5-10-4-6-11(17)8-12(10)18/h4-8H,9H2,1-3H3,(H2,19,20,21,23)/b7-5+. The predicted molar refractivity (Wildman–Crippen MR) is 92.9 cm³/mol. The Morgan fingerprint density at radius 1 is 1.21 bits per heavy atom. The van der Waals surface area contributed by atoms with Crippen LogP contribution in [0.1, 0.15) is 26.3 Å². The van der Waals surface area contributed by atoms with Gasteiger partial charge in [-0.1, -0.05) is 29.3 Å². The van der Waals surface area contributed by atoms with E-state index in [-0.39, 0.29) is 0 Å². The predicted octanol–water partition coefficient (Wildman–Crippen LogP) is 3.17. The quantitative estimate of drug-likeness (QED) is 0.627. The van der Waals surface area contributed by atoms with E-state index in [2.05, 4.69) is 10.6 Å². The van der Waals surface area contributed by atoms with Gasteiger partial charge in [0.1, 0.15) is 0 Å². The summed E-state index contributed by atoms with van der Waals surface area (Å²) in [5, 5.41) is 5.45. The van der Waals surface area contributed by atoms with E-state index in [1.165, 1.54) is 12.1 Å². The van der Waals surface area contributed by atoms with Gasteiger partial charge in [0.15, 0.2) is 6.61 Å². The number of rotatable bonds is 4. The molecule has 130 valence electrons. The molecule has 2 N–H and O–H groups in total. The number of esters is 1. The van der Waals surface area contributed by atoms with Gasteiger partial charge < -0.3 is 10.1 Å². The monoisotopic (exact) mass is 372 g/mol. The van der Waals surface area contributed by atoms with Crippen LogP contribution in [0.25, 0.3) is 6.08 Å². The van der Waals surface area contributed by atoms with E-state index in [0.29, 0.717) is 15.6 Å². The van der Waals surface area contributed by atoms with E-state index >= 15 is 0 Å². The zero-order valence-electron chi connectivity index (χ0n) is 13.5. The van der Waals surface area contributed by atoms with Crippen molar-refractivity contribution in [2.24, 2.45) is 0 Å². The lowest BCUT2D eigenvalue weighted by Crippen LogP contribution is -2.49. The maximum absolute atomic E-state index is 11.6. The fourth-order valence-electron chi connectivity index (χ4n) is 1.51. The first-order valence-electron chi connectivity index (χ1n) is 6.99. The average molecular weight is 373 g/mol. The summed E-state index contributed by atoms with van der Waals surface area (Å²) in [5.41, 5.74) is 0.0914. The third-order valence-corrected chi connectivity index (χ3v) is 3.01. The smallest absolute Gasteiger partial charge is 0.331 e. The minimum atomic E-state index is -0.743. The molecule has 0 saturated carbocycles. The van der Waals surface area contributed by atoms with Gasteiger partial charge in [-0.25, -0.2) is 9.59 Å². The molecule has 24 heavy (non-hydrogen) atoms. The molecule has 0 spiro atoms. The van der Waals surface area contributed by atoms with Gasteiger partial charge in [-0.3, -0.25) is 10.1 Å². The highest BCUT2D eigenvalue weighted by molar-refractivity contribution is 6.35. The van der Waals surface area contributed by atoms with Crippen molar-refractivity contribution in [1.29, 1.82) is 0 Å². The number of ether oxygens (including phenoxy) is 1. The van der Waals surface area contributed by atoms with E-state index < -0.39 is 30.1 Å². The molecule has 0 radical (unpaired) electrons. The fourth-order valence-corrected chi connectivity index (χ4v) is 1.99. The molecule has 8 heteroatoms. The normalized spacial score (nSPS) is 11.2. The maximum atomic E-state index is 11.6. The molecule has 0 fully saturated rings. The van der Waals surface area contributed by atoms with Crippen LogP contribution in [0.5, 0.6) is 0 Å². The summed E-state index contributed by atoms with van der Waals surface area (Å²) in [7, 11) is 0. The van der Waals surface area contributed by atoms with Crippen molar-refractivity contribution >= 4 is 47.2 Å². The SMILES string of the molecule is CC(C)(C)NC(=O)NC(=O)COC(=O)/C=C/c1ccc(Cl)cc1Cl. The van der Waals surface area contributed by atoms with Crippen molar-refractivity contribution in [1.82, 2.24) is 10.6 Å². The van der Waals surface area contributed by atoms with E-state index in [0.717, 1.165) is 6.08 Å². The molecule has 0 bridgehead atoms. The molecule has 0 atom stereocenters. The second kappa shape index (κ2) is 8.70. The van der Waals surface area contributed by atoms with Crippen LogP contribution in [0.15, 0.2) is 24.3 Å². The first kappa shape index (κ1) is 20.0. The summed E-state index contributed by atoms with van der Waals surface area (Å²) < 4.78 is 4.73. The van der Waals surface area contributed by atoms with Crippen molar-refractivity contribution in [3.63, 3.8) is 0 Å². The third kappa shape index (κ3) is 7.99. The van der Waals surface area contributed by atoms with Gasteiger partial charge >= 0.3 is 12.0 Å². The Labute approximate surface area is 150 Å². The summed E-state index contributed by atoms with van der Waals surface area (Å²) in [6.45, 7) is 4.73. The second-order valence-electron chi connectivity index (χ2n) is 5.86. The lowest BCUT2D eigenvalue weighted by molar-refractivity contribution is -0.143. The van der Waals surface area contributed by atoms with Crippen LogP contribution in [-0.2, 0) is 14.3 Å². The Bertz CT molecular complexity index is 667. The lowest BCUT2D eigenvalue weighted by Gasteiger charge is -2.20. The molecule has 0 aliphatic rings. The molecule has 6 nitrogen and oxygen atoms in total. The Morgan fingerprint density at radius 3 is 2.46 bits per heavy atom. The van der Waals surface area contributed by atoms with Gasteiger partial charge in [0, 0.05) is 21.7 Å². The fraction of sp³-hybridized carbons (Fsp3) is 0.312. The van der Waals surface area contributed by atoms with Crippen molar-refractivity contribution in [3.8, 4) is 0 Å². The molecule has 0 saturated heterocycles. The lowest BCUT2D eigenvalue weighted by atomic mass is 10.1. The number of nitrogens with one attached hydrogen (secondary N) is 2. The number of hydrogen-bond acceptors (Lipinski definition) is 4. The second-order valence-corrected chi connectivity index (χ2v) is 6.70. The Hall–Kier alpha value is -2.05. The molecule has 1 aromatic carbocycles. The first-order valence-corrected chi connectivity index (χ1v) is 7.74. The van der Waals surface area contributed by atoms with Crippen LogP contribution in [-0.4, -0.2) is 30.1 Å². The highest BCUT2D eigenvalue weighted by atomic mass is 35.5. The molecule has 1 rings (SSSR count). The number of imide groups is 1. The van der Waals surface area contributed by atoms with Gasteiger partial charge in [0.25, 0.3) is 5.91 Å². The third-order valence-electron chi connectivity index (χ3n) is 2.45. The molecule has 0 aromatic heterocycles. The molecule has 1 aromatic rings. The molecule has 0 aliphatic carbocycles. The summed E-state index contributed by atoms with van der Waals surface area (Å²) in [6, 6.07) is 4.14. The molecule has 0 unspecified atom stereocenters. The maximum Gasteiger partial charge on any atom is 0.331 e. The molecular formula is C16H18Cl2N2O4. The molecule has 3 amide bonds. The largest absolute Gasteiger partial charge is 0.452 e. The van der Waals surface area contributed by atoms with Gasteiger partial charge in [0.05, 0.1) is 0 Å².